The van der Waals surface area contributed by atoms with E-state index in [4.69, 9.17) is 21.4 Å². The molecule has 1 heterocycles. The predicted octanol–water partition coefficient (Wildman–Crippen LogP) is 2.31. The third-order valence-corrected chi connectivity index (χ3v) is 2.04. The summed E-state index contributed by atoms with van der Waals surface area (Å²) in [6.07, 6.45) is -3.42. The van der Waals surface area contributed by atoms with Gasteiger partial charge in [-0.1, -0.05) is 11.6 Å². The number of methoxy groups -OCH3 is 1. The number of aliphatic carboxylic acids is 1. The van der Waals surface area contributed by atoms with Crippen LogP contribution < -0.4 is 4.74 Å². The molecule has 0 unspecified atom stereocenters. The van der Waals surface area contributed by atoms with Crippen LogP contribution in [0.3, 0.4) is 0 Å². The second-order valence-electron chi connectivity index (χ2n) is 2.89. The third-order valence-electron chi connectivity index (χ3n) is 1.85. The van der Waals surface area contributed by atoms with Gasteiger partial charge in [-0.25, -0.2) is 13.8 Å². The maximum atomic E-state index is 12.6. The van der Waals surface area contributed by atoms with Crippen LogP contribution in [0.1, 0.15) is 17.6 Å². The number of nitrogens with zero attached hydrogens (tertiary/aromatic N) is 1. The highest BCUT2D eigenvalue weighted by Crippen LogP contribution is 2.31. The first-order valence-electron chi connectivity index (χ1n) is 4.19. The monoisotopic (exact) mass is 251 g/mol. The predicted molar refractivity (Wildman–Crippen MR) is 52.1 cm³/mol. The van der Waals surface area contributed by atoms with Crippen molar-refractivity contribution in [2.24, 2.45) is 0 Å². The van der Waals surface area contributed by atoms with E-state index < -0.39 is 24.4 Å². The number of hydrogen-bond donors (Lipinski definition) is 1. The Bertz CT molecular complexity index is 412. The van der Waals surface area contributed by atoms with Gasteiger partial charge in [0, 0.05) is 11.1 Å². The van der Waals surface area contributed by atoms with Gasteiger partial charge in [-0.05, 0) is 6.07 Å². The number of pyridine rings is 1. The molecule has 0 radical (unpaired) electrons. The summed E-state index contributed by atoms with van der Waals surface area (Å²) >= 11 is 5.51. The summed E-state index contributed by atoms with van der Waals surface area (Å²) in [5.41, 5.74) is -0.631. The maximum Gasteiger partial charge on any atom is 0.308 e. The van der Waals surface area contributed by atoms with Gasteiger partial charge in [0.05, 0.1) is 13.5 Å². The van der Waals surface area contributed by atoms with Crippen LogP contribution in [0.5, 0.6) is 5.88 Å². The van der Waals surface area contributed by atoms with E-state index in [1.54, 1.807) is 0 Å². The number of carboxylic acid groups (broad SMARTS) is 1. The van der Waals surface area contributed by atoms with Gasteiger partial charge in [-0.3, -0.25) is 4.79 Å². The zero-order chi connectivity index (χ0) is 12.3. The molecule has 0 fully saturated rings. The quantitative estimate of drug-likeness (QED) is 0.834. The van der Waals surface area contributed by atoms with Crippen LogP contribution in [-0.2, 0) is 11.2 Å². The Kier molecular flexibility index (Phi) is 4.00. The van der Waals surface area contributed by atoms with Crippen LogP contribution in [0.2, 0.25) is 5.15 Å². The molecule has 1 aromatic rings. The van der Waals surface area contributed by atoms with E-state index in [1.165, 1.54) is 7.11 Å². The fourth-order valence-electron chi connectivity index (χ4n) is 1.23. The lowest BCUT2D eigenvalue weighted by Crippen LogP contribution is -2.08. The van der Waals surface area contributed by atoms with Gasteiger partial charge < -0.3 is 9.84 Å². The average Bonchev–Trinajstić information content (AvgIpc) is 2.19. The van der Waals surface area contributed by atoms with Crippen molar-refractivity contribution in [3.05, 3.63) is 22.3 Å². The molecule has 0 bridgehead atoms. The van der Waals surface area contributed by atoms with Gasteiger partial charge in [0.25, 0.3) is 6.43 Å². The number of hydrogen-bond acceptors (Lipinski definition) is 3. The number of aromatic nitrogens is 1. The van der Waals surface area contributed by atoms with E-state index in [9.17, 15) is 13.6 Å². The van der Waals surface area contributed by atoms with Gasteiger partial charge in [0.2, 0.25) is 5.88 Å². The topological polar surface area (TPSA) is 59.4 Å². The van der Waals surface area contributed by atoms with Crippen molar-refractivity contribution in [1.82, 2.24) is 4.98 Å². The molecule has 0 aromatic carbocycles. The summed E-state index contributed by atoms with van der Waals surface area (Å²) in [7, 11) is 1.21. The average molecular weight is 252 g/mol. The smallest absolute Gasteiger partial charge is 0.308 e. The lowest BCUT2D eigenvalue weighted by atomic mass is 10.1. The fourth-order valence-corrected chi connectivity index (χ4v) is 1.42. The third kappa shape index (κ3) is 2.79. The molecule has 1 N–H and O–H groups in total. The molecule has 4 nitrogen and oxygen atoms in total. The van der Waals surface area contributed by atoms with Crippen LogP contribution in [0, 0.1) is 0 Å². The Morgan fingerprint density at radius 1 is 1.69 bits per heavy atom. The van der Waals surface area contributed by atoms with Crippen molar-refractivity contribution in [1.29, 1.82) is 0 Å². The lowest BCUT2D eigenvalue weighted by molar-refractivity contribution is -0.136. The van der Waals surface area contributed by atoms with Crippen molar-refractivity contribution in [2.45, 2.75) is 12.8 Å². The summed E-state index contributed by atoms with van der Waals surface area (Å²) in [5.74, 6) is -1.44. The highest BCUT2D eigenvalue weighted by atomic mass is 35.5. The van der Waals surface area contributed by atoms with Crippen molar-refractivity contribution in [3.63, 3.8) is 0 Å². The van der Waals surface area contributed by atoms with Crippen LogP contribution >= 0.6 is 11.6 Å². The van der Waals surface area contributed by atoms with E-state index in [0.717, 1.165) is 6.07 Å². The number of alkyl halides is 2. The highest BCUT2D eigenvalue weighted by Gasteiger charge is 2.21. The second-order valence-corrected chi connectivity index (χ2v) is 3.28. The van der Waals surface area contributed by atoms with Crippen molar-refractivity contribution in [2.75, 3.05) is 7.11 Å². The number of ether oxygens (including phenoxy) is 1. The second kappa shape index (κ2) is 5.07. The van der Waals surface area contributed by atoms with Gasteiger partial charge in [0.1, 0.15) is 5.15 Å². The number of rotatable bonds is 4. The fraction of sp³-hybridized carbons (Fsp3) is 0.333. The van der Waals surface area contributed by atoms with Crippen LogP contribution in [0.4, 0.5) is 8.78 Å². The number of carbonyl (C=O) groups is 1. The highest BCUT2D eigenvalue weighted by molar-refractivity contribution is 6.29. The molecule has 1 rings (SSSR count). The molecule has 0 aliphatic carbocycles. The molecule has 0 atom stereocenters. The van der Waals surface area contributed by atoms with Gasteiger partial charge in [-0.2, -0.15) is 0 Å². The summed E-state index contributed by atoms with van der Waals surface area (Å²) < 4.78 is 30.0. The molecule has 0 aliphatic rings. The minimum absolute atomic E-state index is 0.158. The minimum atomic E-state index is -2.83. The number of halogens is 3. The Hall–Kier alpha value is -1.43. The van der Waals surface area contributed by atoms with Crippen molar-refractivity contribution in [3.8, 4) is 5.88 Å². The molecule has 0 saturated carbocycles. The molecule has 0 spiro atoms. The molecular weight excluding hydrogens is 244 g/mol. The molecule has 0 aliphatic heterocycles. The Balaban J connectivity index is 3.32. The molecule has 0 saturated heterocycles. The molecule has 16 heavy (non-hydrogen) atoms. The zero-order valence-electron chi connectivity index (χ0n) is 8.21. The molecule has 7 heteroatoms. The van der Waals surface area contributed by atoms with Crippen molar-refractivity contribution >= 4 is 17.6 Å². The van der Waals surface area contributed by atoms with E-state index in [-0.39, 0.29) is 16.6 Å². The molecular formula is C9H8ClF2NO3. The summed E-state index contributed by atoms with van der Waals surface area (Å²) in [4.78, 5) is 14.2. The van der Waals surface area contributed by atoms with Crippen LogP contribution in [-0.4, -0.2) is 23.2 Å². The first kappa shape index (κ1) is 12.6. The van der Waals surface area contributed by atoms with E-state index in [1.807, 2.05) is 0 Å². The van der Waals surface area contributed by atoms with Gasteiger partial charge >= 0.3 is 5.97 Å². The SMILES string of the molecule is COc1nc(Cl)cc(C(F)F)c1CC(=O)O. The van der Waals surface area contributed by atoms with Crippen LogP contribution in [0.15, 0.2) is 6.07 Å². The maximum absolute atomic E-state index is 12.6. The van der Waals surface area contributed by atoms with Gasteiger partial charge in [-0.15, -0.1) is 0 Å². The first-order valence-corrected chi connectivity index (χ1v) is 4.56. The minimum Gasteiger partial charge on any atom is -0.481 e. The van der Waals surface area contributed by atoms with E-state index in [2.05, 4.69) is 4.98 Å². The standard InChI is InChI=1S/C9H8ClF2NO3/c1-16-9-5(3-7(14)15)4(8(11)12)2-6(10)13-9/h2,8H,3H2,1H3,(H,14,15). The lowest BCUT2D eigenvalue weighted by Gasteiger charge is -2.11. The molecule has 0 amide bonds. The summed E-state index contributed by atoms with van der Waals surface area (Å²) in [5, 5.41) is 8.44. The Morgan fingerprint density at radius 3 is 2.75 bits per heavy atom. The zero-order valence-corrected chi connectivity index (χ0v) is 8.96. The van der Waals surface area contributed by atoms with Crippen LogP contribution in [0.25, 0.3) is 0 Å². The molecule has 88 valence electrons. The summed E-state index contributed by atoms with van der Waals surface area (Å²) in [6.45, 7) is 0. The van der Waals surface area contributed by atoms with Gasteiger partial charge in [0.15, 0.2) is 0 Å². The normalized spacial score (nSPS) is 10.6. The summed E-state index contributed by atoms with van der Waals surface area (Å²) in [6, 6.07) is 0.938. The first-order chi connectivity index (χ1) is 7.45. The number of carboxylic acids is 1. The van der Waals surface area contributed by atoms with E-state index >= 15 is 0 Å². The Labute approximate surface area is 94.8 Å². The van der Waals surface area contributed by atoms with E-state index in [0.29, 0.717) is 0 Å². The Morgan fingerprint density at radius 2 is 2.31 bits per heavy atom. The molecule has 1 aromatic heterocycles. The largest absolute Gasteiger partial charge is 0.481 e. The van der Waals surface area contributed by atoms with Crippen molar-refractivity contribution < 1.29 is 23.4 Å².